The molecule has 0 bridgehead atoms. The van der Waals surface area contributed by atoms with E-state index in [0.29, 0.717) is 11.6 Å². The lowest BCUT2D eigenvalue weighted by Crippen LogP contribution is -2.34. The molecule has 2 aromatic rings. The number of nitrogens with one attached hydrogen (secondary N) is 2. The molecule has 0 saturated carbocycles. The van der Waals surface area contributed by atoms with Crippen LogP contribution in [0.4, 0.5) is 11.6 Å². The third-order valence-corrected chi connectivity index (χ3v) is 5.03. The second kappa shape index (κ2) is 5.91. The number of sulfonamides is 1. The highest BCUT2D eigenvalue weighted by Gasteiger charge is 2.19. The molecule has 2 N–H and O–H groups in total. The van der Waals surface area contributed by atoms with Gasteiger partial charge in [-0.3, -0.25) is 4.72 Å². The molecule has 8 nitrogen and oxygen atoms in total. The monoisotopic (exact) mass is 322 g/mol. The first kappa shape index (κ1) is 14.8. The molecule has 3 rings (SSSR count). The van der Waals surface area contributed by atoms with Gasteiger partial charge in [0, 0.05) is 13.1 Å². The molecule has 0 amide bonds. The normalized spacial score (nSPS) is 16.7. The molecule has 22 heavy (non-hydrogen) atoms. The van der Waals surface area contributed by atoms with E-state index in [2.05, 4.69) is 36.5 Å². The number of H-pyrrole nitrogens is 1. The molecular formula is C13H18N6O2S. The van der Waals surface area contributed by atoms with E-state index in [4.69, 9.17) is 0 Å². The Morgan fingerprint density at radius 3 is 2.50 bits per heavy atom. The van der Waals surface area contributed by atoms with E-state index in [1.807, 2.05) is 0 Å². The summed E-state index contributed by atoms with van der Waals surface area (Å²) in [4.78, 5) is 16.9. The summed E-state index contributed by atoms with van der Waals surface area (Å²) in [6.07, 6.45) is 7.76. The van der Waals surface area contributed by atoms with Crippen molar-refractivity contribution in [3.8, 4) is 0 Å². The Labute approximate surface area is 129 Å². The molecule has 0 unspecified atom stereocenters. The lowest BCUT2D eigenvalue weighted by atomic mass is 10.00. The SMILES string of the molecule is CC1CCN(c2ncc(NS(=O)(=O)c3cnc[nH]3)cn2)CC1. The van der Waals surface area contributed by atoms with E-state index in [1.54, 1.807) is 0 Å². The van der Waals surface area contributed by atoms with Gasteiger partial charge >= 0.3 is 0 Å². The largest absolute Gasteiger partial charge is 0.341 e. The van der Waals surface area contributed by atoms with Gasteiger partial charge in [0.15, 0.2) is 5.03 Å². The van der Waals surface area contributed by atoms with Crippen molar-refractivity contribution in [3.05, 3.63) is 24.9 Å². The van der Waals surface area contributed by atoms with Crippen LogP contribution < -0.4 is 9.62 Å². The number of hydrogen-bond donors (Lipinski definition) is 2. The van der Waals surface area contributed by atoms with Gasteiger partial charge in [-0.25, -0.2) is 15.0 Å². The molecule has 3 heterocycles. The molecule has 2 aromatic heterocycles. The van der Waals surface area contributed by atoms with Gasteiger partial charge in [0.25, 0.3) is 10.0 Å². The summed E-state index contributed by atoms with van der Waals surface area (Å²) in [5.41, 5.74) is 0.323. The number of aromatic nitrogens is 4. The first-order valence-electron chi connectivity index (χ1n) is 7.13. The summed E-state index contributed by atoms with van der Waals surface area (Å²) in [5, 5.41) is 0.00148. The maximum absolute atomic E-state index is 12.0. The van der Waals surface area contributed by atoms with Crippen molar-refractivity contribution in [2.75, 3.05) is 22.7 Å². The minimum atomic E-state index is -3.68. The average molecular weight is 322 g/mol. The Hall–Kier alpha value is -2.16. The first-order valence-corrected chi connectivity index (χ1v) is 8.61. The van der Waals surface area contributed by atoms with Crippen molar-refractivity contribution in [1.29, 1.82) is 0 Å². The van der Waals surface area contributed by atoms with Gasteiger partial charge in [-0.2, -0.15) is 8.42 Å². The maximum Gasteiger partial charge on any atom is 0.279 e. The number of anilines is 2. The van der Waals surface area contributed by atoms with E-state index in [1.165, 1.54) is 24.9 Å². The Kier molecular flexibility index (Phi) is 3.97. The standard InChI is InChI=1S/C13H18N6O2S/c1-10-2-4-19(5-3-10)13-15-6-11(7-16-13)18-22(20,21)12-8-14-9-17-12/h6-10,18H,2-5H2,1H3,(H,14,17). The lowest BCUT2D eigenvalue weighted by molar-refractivity contribution is 0.434. The van der Waals surface area contributed by atoms with Crippen LogP contribution in [0.15, 0.2) is 29.9 Å². The van der Waals surface area contributed by atoms with Crippen LogP contribution >= 0.6 is 0 Å². The smallest absolute Gasteiger partial charge is 0.279 e. The maximum atomic E-state index is 12.0. The average Bonchev–Trinajstić information content (AvgIpc) is 3.04. The molecule has 0 aromatic carbocycles. The highest BCUT2D eigenvalue weighted by Crippen LogP contribution is 2.20. The Morgan fingerprint density at radius 1 is 1.23 bits per heavy atom. The summed E-state index contributed by atoms with van der Waals surface area (Å²) in [7, 11) is -3.68. The molecule has 1 saturated heterocycles. The number of aromatic amines is 1. The van der Waals surface area contributed by atoms with E-state index < -0.39 is 10.0 Å². The summed E-state index contributed by atoms with van der Waals surface area (Å²) in [5.74, 6) is 1.37. The van der Waals surface area contributed by atoms with Crippen LogP contribution in [0.5, 0.6) is 0 Å². The van der Waals surface area contributed by atoms with Gasteiger partial charge < -0.3 is 9.88 Å². The number of hydrogen-bond acceptors (Lipinski definition) is 6. The molecule has 0 aliphatic carbocycles. The fourth-order valence-corrected chi connectivity index (χ4v) is 3.28. The second-order valence-electron chi connectivity index (χ2n) is 5.46. The fourth-order valence-electron chi connectivity index (χ4n) is 2.35. The van der Waals surface area contributed by atoms with Gasteiger partial charge in [0.1, 0.15) is 0 Å². The molecule has 0 radical (unpaired) electrons. The van der Waals surface area contributed by atoms with Crippen LogP contribution in [0.2, 0.25) is 0 Å². The minimum absolute atomic E-state index is 0.00148. The van der Waals surface area contributed by atoms with Gasteiger partial charge in [0.05, 0.1) is 30.6 Å². The number of rotatable bonds is 4. The number of imidazole rings is 1. The molecule has 118 valence electrons. The minimum Gasteiger partial charge on any atom is -0.341 e. The zero-order valence-electron chi connectivity index (χ0n) is 12.2. The molecule has 1 fully saturated rings. The number of piperidine rings is 1. The highest BCUT2D eigenvalue weighted by atomic mass is 32.2. The van der Waals surface area contributed by atoms with Crippen molar-refractivity contribution in [1.82, 2.24) is 19.9 Å². The van der Waals surface area contributed by atoms with Crippen LogP contribution in [0.1, 0.15) is 19.8 Å². The third-order valence-electron chi connectivity index (χ3n) is 3.72. The van der Waals surface area contributed by atoms with Crippen LogP contribution in [-0.4, -0.2) is 41.4 Å². The predicted molar refractivity (Wildman–Crippen MR) is 82.0 cm³/mol. The summed E-state index contributed by atoms with van der Waals surface area (Å²) >= 11 is 0. The van der Waals surface area contributed by atoms with E-state index in [0.717, 1.165) is 31.8 Å². The molecule has 0 atom stereocenters. The van der Waals surface area contributed by atoms with Gasteiger partial charge in [-0.05, 0) is 18.8 Å². The van der Waals surface area contributed by atoms with Crippen LogP contribution in [-0.2, 0) is 10.0 Å². The van der Waals surface area contributed by atoms with Gasteiger partial charge in [-0.15, -0.1) is 0 Å². The molecule has 1 aliphatic rings. The Morgan fingerprint density at radius 2 is 1.91 bits per heavy atom. The molecule has 9 heteroatoms. The Balaban J connectivity index is 1.70. The second-order valence-corrected chi connectivity index (χ2v) is 7.11. The first-order chi connectivity index (χ1) is 10.5. The highest BCUT2D eigenvalue weighted by molar-refractivity contribution is 7.92. The molecule has 0 spiro atoms. The summed E-state index contributed by atoms with van der Waals surface area (Å²) in [6.45, 7) is 4.10. The molecule has 1 aliphatic heterocycles. The zero-order chi connectivity index (χ0) is 15.6. The van der Waals surface area contributed by atoms with E-state index in [-0.39, 0.29) is 5.03 Å². The van der Waals surface area contributed by atoms with Gasteiger partial charge in [0.2, 0.25) is 5.95 Å². The molecular weight excluding hydrogens is 304 g/mol. The van der Waals surface area contributed by atoms with Crippen molar-refractivity contribution in [2.24, 2.45) is 5.92 Å². The zero-order valence-corrected chi connectivity index (χ0v) is 13.0. The quantitative estimate of drug-likeness (QED) is 0.877. The van der Waals surface area contributed by atoms with Crippen molar-refractivity contribution in [2.45, 2.75) is 24.8 Å². The predicted octanol–water partition coefficient (Wildman–Crippen LogP) is 1.24. The topological polar surface area (TPSA) is 104 Å². The third kappa shape index (κ3) is 3.19. The van der Waals surface area contributed by atoms with Crippen molar-refractivity contribution >= 4 is 21.7 Å². The van der Waals surface area contributed by atoms with Crippen LogP contribution in [0.3, 0.4) is 0 Å². The number of nitrogens with zero attached hydrogens (tertiary/aromatic N) is 4. The fraction of sp³-hybridized carbons (Fsp3) is 0.462. The Bertz CT molecular complexity index is 705. The van der Waals surface area contributed by atoms with E-state index >= 15 is 0 Å². The van der Waals surface area contributed by atoms with Crippen molar-refractivity contribution < 1.29 is 8.42 Å². The van der Waals surface area contributed by atoms with Crippen LogP contribution in [0.25, 0.3) is 0 Å². The van der Waals surface area contributed by atoms with Gasteiger partial charge in [-0.1, -0.05) is 6.92 Å². The van der Waals surface area contributed by atoms with E-state index in [9.17, 15) is 8.42 Å². The summed E-state index contributed by atoms with van der Waals surface area (Å²) < 4.78 is 26.5. The van der Waals surface area contributed by atoms with Crippen molar-refractivity contribution in [3.63, 3.8) is 0 Å². The summed E-state index contributed by atoms with van der Waals surface area (Å²) in [6, 6.07) is 0. The van der Waals surface area contributed by atoms with Crippen LogP contribution in [0, 0.1) is 5.92 Å². The lowest BCUT2D eigenvalue weighted by Gasteiger charge is -2.30.